The molecule has 2 aromatic carbocycles. The normalized spacial score (nSPS) is 14.4. The zero-order chi connectivity index (χ0) is 18.7. The fourth-order valence-electron chi connectivity index (χ4n) is 3.04. The van der Waals surface area contributed by atoms with Crippen LogP contribution >= 0.6 is 0 Å². The highest BCUT2D eigenvalue weighted by atomic mass is 16.5. The number of para-hydroxylation sites is 1. The summed E-state index contributed by atoms with van der Waals surface area (Å²) in [6.07, 6.45) is 1.91. The summed E-state index contributed by atoms with van der Waals surface area (Å²) in [5.41, 5.74) is 2.41. The third kappa shape index (κ3) is 3.43. The molecule has 0 spiro atoms. The van der Waals surface area contributed by atoms with Gasteiger partial charge in [0, 0.05) is 5.69 Å². The molecule has 1 aliphatic carbocycles. The minimum atomic E-state index is -1.00. The molecule has 2 amide bonds. The topological polar surface area (TPSA) is 67.4 Å². The molecule has 0 atom stereocenters. The highest BCUT2D eigenvalue weighted by molar-refractivity contribution is 6.17. The molecule has 0 unspecified atom stereocenters. The Bertz CT molecular complexity index is 841. The number of carbonyl (C=O) groups excluding carboxylic acids is 2. The lowest BCUT2D eigenvalue weighted by atomic mass is 10.0. The van der Waals surface area contributed by atoms with Crippen molar-refractivity contribution >= 4 is 23.2 Å². The molecule has 2 N–H and O–H groups in total. The molecule has 3 rings (SSSR count). The van der Waals surface area contributed by atoms with E-state index < -0.39 is 5.41 Å². The van der Waals surface area contributed by atoms with E-state index in [1.54, 1.807) is 7.11 Å². The molecule has 26 heavy (non-hydrogen) atoms. The van der Waals surface area contributed by atoms with Gasteiger partial charge in [-0.15, -0.1) is 0 Å². The number of hydrogen-bond acceptors (Lipinski definition) is 3. The minimum Gasteiger partial charge on any atom is -0.495 e. The Morgan fingerprint density at radius 3 is 2.31 bits per heavy atom. The third-order valence-electron chi connectivity index (χ3n) is 4.87. The van der Waals surface area contributed by atoms with Crippen LogP contribution in [0, 0.1) is 12.3 Å². The molecule has 0 heterocycles. The molecule has 0 bridgehead atoms. The molecule has 1 fully saturated rings. The second-order valence-corrected chi connectivity index (χ2v) is 6.70. The summed E-state index contributed by atoms with van der Waals surface area (Å²) in [5.74, 6) is 0.0480. The van der Waals surface area contributed by atoms with Gasteiger partial charge in [-0.05, 0) is 55.5 Å². The van der Waals surface area contributed by atoms with Crippen LogP contribution < -0.4 is 15.4 Å². The van der Waals surface area contributed by atoms with E-state index in [0.29, 0.717) is 24.3 Å². The van der Waals surface area contributed by atoms with Crippen molar-refractivity contribution in [2.24, 2.45) is 5.41 Å². The highest BCUT2D eigenvalue weighted by Crippen LogP contribution is 2.48. The van der Waals surface area contributed by atoms with E-state index in [4.69, 9.17) is 4.74 Å². The number of methoxy groups -OCH3 is 1. The van der Waals surface area contributed by atoms with E-state index in [1.165, 1.54) is 0 Å². The lowest BCUT2D eigenvalue weighted by Gasteiger charge is -2.18. The number of nitrogens with one attached hydrogen (secondary N) is 2. The zero-order valence-corrected chi connectivity index (χ0v) is 15.4. The van der Waals surface area contributed by atoms with Crippen LogP contribution in [-0.2, 0) is 16.0 Å². The predicted molar refractivity (Wildman–Crippen MR) is 102 cm³/mol. The van der Waals surface area contributed by atoms with Crippen molar-refractivity contribution in [1.82, 2.24) is 0 Å². The van der Waals surface area contributed by atoms with Crippen LogP contribution in [0.15, 0.2) is 42.5 Å². The maximum absolute atomic E-state index is 12.8. The molecule has 1 saturated carbocycles. The van der Waals surface area contributed by atoms with Crippen LogP contribution in [0.5, 0.6) is 5.75 Å². The van der Waals surface area contributed by atoms with Crippen molar-refractivity contribution in [3.05, 3.63) is 53.6 Å². The minimum absolute atomic E-state index is 0.248. The van der Waals surface area contributed by atoms with E-state index in [0.717, 1.165) is 23.2 Å². The van der Waals surface area contributed by atoms with Crippen molar-refractivity contribution in [3.63, 3.8) is 0 Å². The summed E-state index contributed by atoms with van der Waals surface area (Å²) in [6.45, 7) is 3.98. The smallest absolute Gasteiger partial charge is 0.240 e. The average molecular weight is 352 g/mol. The SMILES string of the molecule is CCc1ccccc1NC(=O)C1(C(=O)Nc2cc(C)ccc2OC)CC1. The molecule has 5 heteroatoms. The maximum atomic E-state index is 12.8. The number of amides is 2. The molecule has 2 aromatic rings. The first-order chi connectivity index (χ1) is 12.5. The van der Waals surface area contributed by atoms with Crippen molar-refractivity contribution < 1.29 is 14.3 Å². The first-order valence-electron chi connectivity index (χ1n) is 8.85. The quantitative estimate of drug-likeness (QED) is 0.774. The lowest BCUT2D eigenvalue weighted by molar-refractivity contribution is -0.131. The third-order valence-corrected chi connectivity index (χ3v) is 4.87. The van der Waals surface area contributed by atoms with E-state index in [-0.39, 0.29) is 11.8 Å². The summed E-state index contributed by atoms with van der Waals surface area (Å²) in [6, 6.07) is 13.2. The summed E-state index contributed by atoms with van der Waals surface area (Å²) >= 11 is 0. The molecular weight excluding hydrogens is 328 g/mol. The van der Waals surface area contributed by atoms with Crippen molar-refractivity contribution in [2.45, 2.75) is 33.1 Å². The molecule has 0 aromatic heterocycles. The van der Waals surface area contributed by atoms with Gasteiger partial charge in [0.25, 0.3) is 0 Å². The Morgan fingerprint density at radius 1 is 1.04 bits per heavy atom. The summed E-state index contributed by atoms with van der Waals surface area (Å²) < 4.78 is 5.31. The second kappa shape index (κ2) is 7.20. The van der Waals surface area contributed by atoms with Crippen LogP contribution in [0.1, 0.15) is 30.9 Å². The largest absolute Gasteiger partial charge is 0.495 e. The number of rotatable bonds is 6. The van der Waals surface area contributed by atoms with Crippen molar-refractivity contribution in [3.8, 4) is 5.75 Å². The van der Waals surface area contributed by atoms with Gasteiger partial charge >= 0.3 is 0 Å². The van der Waals surface area contributed by atoms with Gasteiger partial charge < -0.3 is 15.4 Å². The van der Waals surface area contributed by atoms with Gasteiger partial charge in [0.2, 0.25) is 11.8 Å². The average Bonchev–Trinajstić information content (AvgIpc) is 3.44. The van der Waals surface area contributed by atoms with E-state index >= 15 is 0 Å². The fraction of sp³-hybridized carbons (Fsp3) is 0.333. The standard InChI is InChI=1S/C21H24N2O3/c1-4-15-7-5-6-8-16(15)22-19(24)21(11-12-21)20(25)23-17-13-14(2)9-10-18(17)26-3/h5-10,13H,4,11-12H2,1-3H3,(H,22,24)(H,23,25). The Balaban J connectivity index is 1.77. The molecule has 0 radical (unpaired) electrons. The van der Waals surface area contributed by atoms with Crippen molar-refractivity contribution in [1.29, 1.82) is 0 Å². The van der Waals surface area contributed by atoms with E-state index in [2.05, 4.69) is 10.6 Å². The van der Waals surface area contributed by atoms with E-state index in [9.17, 15) is 9.59 Å². The van der Waals surface area contributed by atoms with Crippen LogP contribution in [0.2, 0.25) is 0 Å². The van der Waals surface area contributed by atoms with Crippen molar-refractivity contribution in [2.75, 3.05) is 17.7 Å². The molecular formula is C21H24N2O3. The van der Waals surface area contributed by atoms with Gasteiger partial charge in [-0.25, -0.2) is 0 Å². The first-order valence-corrected chi connectivity index (χ1v) is 8.85. The highest BCUT2D eigenvalue weighted by Gasteiger charge is 2.56. The summed E-state index contributed by atoms with van der Waals surface area (Å²) in [7, 11) is 1.56. The molecule has 0 saturated heterocycles. The lowest BCUT2D eigenvalue weighted by Crippen LogP contribution is -2.36. The number of benzene rings is 2. The van der Waals surface area contributed by atoms with Crippen LogP contribution in [0.3, 0.4) is 0 Å². The number of anilines is 2. The maximum Gasteiger partial charge on any atom is 0.240 e. The zero-order valence-electron chi connectivity index (χ0n) is 15.4. The van der Waals surface area contributed by atoms with Gasteiger partial charge in [0.05, 0.1) is 12.8 Å². The number of aryl methyl sites for hydroxylation is 2. The Labute approximate surface area is 153 Å². The van der Waals surface area contributed by atoms with Gasteiger partial charge in [-0.3, -0.25) is 9.59 Å². The van der Waals surface area contributed by atoms with Crippen LogP contribution in [-0.4, -0.2) is 18.9 Å². The second-order valence-electron chi connectivity index (χ2n) is 6.70. The van der Waals surface area contributed by atoms with Gasteiger partial charge in [0.15, 0.2) is 0 Å². The molecule has 5 nitrogen and oxygen atoms in total. The van der Waals surface area contributed by atoms with Gasteiger partial charge in [0.1, 0.15) is 11.2 Å². The summed E-state index contributed by atoms with van der Waals surface area (Å²) in [4.78, 5) is 25.6. The molecule has 0 aliphatic heterocycles. The Kier molecular flexibility index (Phi) is 4.98. The Morgan fingerprint density at radius 2 is 1.69 bits per heavy atom. The molecule has 1 aliphatic rings. The van der Waals surface area contributed by atoms with Gasteiger partial charge in [-0.2, -0.15) is 0 Å². The fourth-order valence-corrected chi connectivity index (χ4v) is 3.04. The summed E-state index contributed by atoms with van der Waals surface area (Å²) in [5, 5.41) is 5.82. The Hall–Kier alpha value is -2.82. The van der Waals surface area contributed by atoms with E-state index in [1.807, 2.05) is 56.3 Å². The monoisotopic (exact) mass is 352 g/mol. The van der Waals surface area contributed by atoms with Crippen LogP contribution in [0.4, 0.5) is 11.4 Å². The number of ether oxygens (including phenoxy) is 1. The number of carbonyl (C=O) groups is 2. The van der Waals surface area contributed by atoms with Crippen LogP contribution in [0.25, 0.3) is 0 Å². The number of hydrogen-bond donors (Lipinski definition) is 2. The van der Waals surface area contributed by atoms with Gasteiger partial charge in [-0.1, -0.05) is 31.2 Å². The molecule has 136 valence electrons. The predicted octanol–water partition coefficient (Wildman–Crippen LogP) is 3.92. The first kappa shape index (κ1) is 18.0.